The van der Waals surface area contributed by atoms with Crippen molar-refractivity contribution in [2.75, 3.05) is 0 Å². The lowest BCUT2D eigenvalue weighted by atomic mass is 9.71. The normalized spacial score (nSPS) is 17.5. The van der Waals surface area contributed by atoms with Crippen LogP contribution in [0.25, 0.3) is 0 Å². The summed E-state index contributed by atoms with van der Waals surface area (Å²) in [6, 6.07) is 25.6. The molecule has 322 valence electrons. The summed E-state index contributed by atoms with van der Waals surface area (Å²) < 4.78 is 106. The number of rotatable bonds is 14. The molecule has 1 N–H and O–H groups in total. The standard InChI is InChI=1S/C47H50F6O7/c1-6-32(34-19-17-31(18-20-34)29-57-37-15-12-16-38-39(37)40(54)59-44(58-38)25-10-11-26-44)28-43(5,41(55)60-42(3,4)35-13-8-7-9-14-35)27-30(2)33-21-23-36(24-22-33)45(56,46(48,49)50)47(51,52)53/h7-9,12-24,30,32,56H,6,10-11,25-29H2,1-5H3. The number of fused-ring (bicyclic) bond motifs is 1. The van der Waals surface area contributed by atoms with E-state index in [0.717, 1.165) is 41.7 Å². The minimum Gasteiger partial charge on any atom is -0.488 e. The average molecular weight is 841 g/mol. The second-order valence-corrected chi connectivity index (χ2v) is 16.8. The number of aliphatic hydroxyl groups is 1. The minimum absolute atomic E-state index is 0.135. The highest BCUT2D eigenvalue weighted by molar-refractivity contribution is 5.96. The summed E-state index contributed by atoms with van der Waals surface area (Å²) in [6.07, 6.45) is -7.87. The second kappa shape index (κ2) is 16.8. The van der Waals surface area contributed by atoms with E-state index in [1.807, 2.05) is 61.5 Å². The van der Waals surface area contributed by atoms with E-state index < -0.39 is 58.2 Å². The van der Waals surface area contributed by atoms with Crippen LogP contribution < -0.4 is 9.47 Å². The summed E-state index contributed by atoms with van der Waals surface area (Å²) in [5.74, 6) is -1.85. The molecule has 6 rings (SSSR count). The first kappa shape index (κ1) is 44.5. The van der Waals surface area contributed by atoms with Crippen LogP contribution in [-0.4, -0.2) is 35.2 Å². The zero-order valence-corrected chi connectivity index (χ0v) is 34.2. The Labute approximate surface area is 346 Å². The Balaban J connectivity index is 1.22. The smallest absolute Gasteiger partial charge is 0.430 e. The molecule has 0 amide bonds. The lowest BCUT2D eigenvalue weighted by molar-refractivity contribution is -0.376. The van der Waals surface area contributed by atoms with Gasteiger partial charge in [0, 0.05) is 18.4 Å². The fourth-order valence-corrected chi connectivity index (χ4v) is 8.40. The third-order valence-corrected chi connectivity index (χ3v) is 12.0. The molecular formula is C47H50F6O7. The number of halogens is 6. The van der Waals surface area contributed by atoms with Gasteiger partial charge in [0.05, 0.1) is 5.41 Å². The first-order valence-electron chi connectivity index (χ1n) is 20.1. The van der Waals surface area contributed by atoms with Gasteiger partial charge in [-0.15, -0.1) is 0 Å². The maximum absolute atomic E-state index is 14.4. The van der Waals surface area contributed by atoms with Gasteiger partial charge in [0.2, 0.25) is 0 Å². The maximum atomic E-state index is 14.4. The first-order chi connectivity index (χ1) is 28.1. The number of benzene rings is 4. The highest BCUT2D eigenvalue weighted by Gasteiger charge is 2.71. The van der Waals surface area contributed by atoms with E-state index in [1.54, 1.807) is 45.9 Å². The zero-order chi connectivity index (χ0) is 43.7. The number of carbonyl (C=O) groups is 2. The highest BCUT2D eigenvalue weighted by Crippen LogP contribution is 2.51. The molecule has 4 aromatic carbocycles. The monoisotopic (exact) mass is 840 g/mol. The Morgan fingerprint density at radius 3 is 1.95 bits per heavy atom. The Hall–Kier alpha value is -5.04. The van der Waals surface area contributed by atoms with Crippen molar-refractivity contribution < 1.29 is 60.0 Å². The largest absolute Gasteiger partial charge is 0.488 e. The van der Waals surface area contributed by atoms with E-state index in [9.17, 15) is 41.0 Å². The van der Waals surface area contributed by atoms with Crippen LogP contribution in [0.1, 0.15) is 130 Å². The summed E-state index contributed by atoms with van der Waals surface area (Å²) in [5, 5.41) is 9.93. The molecule has 13 heteroatoms. The SMILES string of the molecule is CCC(CC(C)(CC(C)c1ccc(C(O)(C(F)(F)F)C(F)(F)F)cc1)C(=O)OC(C)(C)c1ccccc1)c1ccc(COc2cccc3c2C(=O)OC2(CCCC2)O3)cc1. The molecule has 3 atom stereocenters. The molecule has 1 spiro atoms. The van der Waals surface area contributed by atoms with Crippen LogP contribution in [0.3, 0.4) is 0 Å². The van der Waals surface area contributed by atoms with Gasteiger partial charge in [-0.05, 0) is 99.1 Å². The Morgan fingerprint density at radius 2 is 1.37 bits per heavy atom. The number of ether oxygens (including phenoxy) is 4. The molecule has 0 saturated heterocycles. The van der Waals surface area contributed by atoms with Gasteiger partial charge in [0.25, 0.3) is 11.4 Å². The van der Waals surface area contributed by atoms with Crippen molar-refractivity contribution in [1.82, 2.24) is 0 Å². The van der Waals surface area contributed by atoms with Crippen LogP contribution >= 0.6 is 0 Å². The fraction of sp³-hybridized carbons (Fsp3) is 0.447. The van der Waals surface area contributed by atoms with Crippen LogP contribution in [0.5, 0.6) is 11.5 Å². The Bertz CT molecular complexity index is 2110. The van der Waals surface area contributed by atoms with Gasteiger partial charge in [0.1, 0.15) is 29.3 Å². The van der Waals surface area contributed by atoms with Crippen LogP contribution in [0, 0.1) is 5.41 Å². The summed E-state index contributed by atoms with van der Waals surface area (Å²) in [7, 11) is 0. The van der Waals surface area contributed by atoms with Crippen molar-refractivity contribution in [1.29, 1.82) is 0 Å². The van der Waals surface area contributed by atoms with Crippen LogP contribution in [0.2, 0.25) is 0 Å². The maximum Gasteiger partial charge on any atom is 0.430 e. The van der Waals surface area contributed by atoms with Gasteiger partial charge in [0.15, 0.2) is 0 Å². The molecule has 7 nitrogen and oxygen atoms in total. The summed E-state index contributed by atoms with van der Waals surface area (Å²) in [6.45, 7) is 9.18. The summed E-state index contributed by atoms with van der Waals surface area (Å²) in [4.78, 5) is 27.5. The summed E-state index contributed by atoms with van der Waals surface area (Å²) in [5.41, 5.74) is -5.52. The second-order valence-electron chi connectivity index (χ2n) is 16.8. The molecule has 4 aromatic rings. The molecule has 1 saturated carbocycles. The van der Waals surface area contributed by atoms with Gasteiger partial charge in [-0.1, -0.05) is 98.8 Å². The fourth-order valence-electron chi connectivity index (χ4n) is 8.40. The molecule has 0 aromatic heterocycles. The number of alkyl halides is 6. The molecule has 2 aliphatic rings. The lowest BCUT2D eigenvalue weighted by Crippen LogP contribution is -2.53. The van der Waals surface area contributed by atoms with E-state index in [0.29, 0.717) is 54.9 Å². The van der Waals surface area contributed by atoms with Crippen molar-refractivity contribution in [2.24, 2.45) is 5.41 Å². The van der Waals surface area contributed by atoms with Crippen LogP contribution in [0.15, 0.2) is 97.1 Å². The summed E-state index contributed by atoms with van der Waals surface area (Å²) >= 11 is 0. The van der Waals surface area contributed by atoms with E-state index in [1.165, 1.54) is 0 Å². The van der Waals surface area contributed by atoms with E-state index in [-0.39, 0.29) is 24.5 Å². The lowest BCUT2D eigenvalue weighted by Gasteiger charge is -2.37. The van der Waals surface area contributed by atoms with Crippen molar-refractivity contribution in [2.45, 2.75) is 127 Å². The number of carbonyl (C=O) groups excluding carboxylic acids is 2. The third kappa shape index (κ3) is 9.01. The molecule has 1 heterocycles. The predicted octanol–water partition coefficient (Wildman–Crippen LogP) is 12.0. The van der Waals surface area contributed by atoms with Crippen LogP contribution in [0.4, 0.5) is 26.3 Å². The Kier molecular flexibility index (Phi) is 12.5. The molecule has 1 aliphatic heterocycles. The van der Waals surface area contributed by atoms with Gasteiger partial charge in [-0.3, -0.25) is 4.79 Å². The molecule has 1 aliphatic carbocycles. The molecule has 3 unspecified atom stereocenters. The molecule has 1 fully saturated rings. The van der Waals surface area contributed by atoms with Crippen molar-refractivity contribution in [3.8, 4) is 11.5 Å². The molecular weight excluding hydrogens is 790 g/mol. The molecule has 60 heavy (non-hydrogen) atoms. The van der Waals surface area contributed by atoms with Crippen molar-refractivity contribution in [3.63, 3.8) is 0 Å². The number of hydrogen-bond acceptors (Lipinski definition) is 7. The van der Waals surface area contributed by atoms with Gasteiger partial charge in [-0.2, -0.15) is 26.3 Å². The molecule has 0 bridgehead atoms. The highest BCUT2D eigenvalue weighted by atomic mass is 19.4. The van der Waals surface area contributed by atoms with Gasteiger partial charge < -0.3 is 24.1 Å². The van der Waals surface area contributed by atoms with E-state index >= 15 is 0 Å². The van der Waals surface area contributed by atoms with E-state index in [4.69, 9.17) is 18.9 Å². The van der Waals surface area contributed by atoms with Crippen LogP contribution in [-0.2, 0) is 32.1 Å². The average Bonchev–Trinajstić information content (AvgIpc) is 3.64. The third-order valence-electron chi connectivity index (χ3n) is 12.0. The minimum atomic E-state index is -6.02. The van der Waals surface area contributed by atoms with Crippen molar-refractivity contribution in [3.05, 3.63) is 130 Å². The Morgan fingerprint density at radius 1 is 0.767 bits per heavy atom. The van der Waals surface area contributed by atoms with E-state index in [2.05, 4.69) is 0 Å². The predicted molar refractivity (Wildman–Crippen MR) is 211 cm³/mol. The zero-order valence-electron chi connectivity index (χ0n) is 34.2. The first-order valence-corrected chi connectivity index (χ1v) is 20.1. The topological polar surface area (TPSA) is 91.3 Å². The van der Waals surface area contributed by atoms with Crippen molar-refractivity contribution >= 4 is 11.9 Å². The number of hydrogen-bond donors (Lipinski definition) is 1. The van der Waals surface area contributed by atoms with Gasteiger partial charge in [-0.25, -0.2) is 4.79 Å². The van der Waals surface area contributed by atoms with Gasteiger partial charge >= 0.3 is 24.3 Å². The molecule has 0 radical (unpaired) electrons. The quantitative estimate of drug-likeness (QED) is 0.0998. The number of esters is 2.